The Balaban J connectivity index is 1.75. The van der Waals surface area contributed by atoms with E-state index >= 15 is 0 Å². The van der Waals surface area contributed by atoms with Crippen molar-refractivity contribution in [2.75, 3.05) is 32.2 Å². The number of anilines is 1. The molecule has 0 radical (unpaired) electrons. The average Bonchev–Trinajstić information content (AvgIpc) is 3.17. The third-order valence-electron chi connectivity index (χ3n) is 6.14. The fourth-order valence-electron chi connectivity index (χ4n) is 4.66. The molecular weight excluding hydrogens is 378 g/mol. The number of fused-ring (bicyclic) bond motifs is 2. The third-order valence-corrected chi connectivity index (χ3v) is 6.14. The summed E-state index contributed by atoms with van der Waals surface area (Å²) in [4.78, 5) is 15.1. The lowest BCUT2D eigenvalue weighted by atomic mass is 9.90. The number of carbonyl (C=O) groups excluding carboxylic acids is 1. The molecule has 0 amide bonds. The van der Waals surface area contributed by atoms with E-state index in [9.17, 15) is 4.79 Å². The fourth-order valence-corrected chi connectivity index (χ4v) is 4.66. The lowest BCUT2D eigenvalue weighted by Gasteiger charge is -2.29. The first kappa shape index (κ1) is 18.8. The number of piperidine rings is 1. The van der Waals surface area contributed by atoms with Crippen molar-refractivity contribution in [1.29, 1.82) is 0 Å². The molecule has 0 N–H and O–H groups in total. The lowest BCUT2D eigenvalue weighted by Crippen LogP contribution is -2.29. The summed E-state index contributed by atoms with van der Waals surface area (Å²) in [7, 11) is 3.26. The number of ether oxygens (including phenoxy) is 3. The molecule has 5 nitrogen and oxygen atoms in total. The predicted octanol–water partition coefficient (Wildman–Crippen LogP) is 5.18. The fraction of sp³-hybridized carbons (Fsp3) is 0.320. The molecule has 0 unspecified atom stereocenters. The first-order chi connectivity index (χ1) is 14.7. The van der Waals surface area contributed by atoms with Gasteiger partial charge in [-0.05, 0) is 65.9 Å². The third kappa shape index (κ3) is 3.05. The first-order valence-electron chi connectivity index (χ1n) is 10.4. The maximum atomic E-state index is 12.7. The van der Waals surface area contributed by atoms with Crippen LogP contribution in [0, 0.1) is 0 Å². The largest absolute Gasteiger partial charge is 0.493 e. The summed E-state index contributed by atoms with van der Waals surface area (Å²) in [5, 5.41) is 1.96. The molecule has 0 bridgehead atoms. The molecule has 0 aliphatic carbocycles. The highest BCUT2D eigenvalue weighted by molar-refractivity contribution is 6.11. The molecule has 30 heavy (non-hydrogen) atoms. The maximum absolute atomic E-state index is 12.7. The molecule has 3 aromatic rings. The molecule has 1 fully saturated rings. The van der Waals surface area contributed by atoms with Crippen molar-refractivity contribution in [3.63, 3.8) is 0 Å². The Bertz CT molecular complexity index is 1130. The van der Waals surface area contributed by atoms with Crippen LogP contribution in [0.15, 0.2) is 42.5 Å². The van der Waals surface area contributed by atoms with Crippen molar-refractivity contribution in [1.82, 2.24) is 0 Å². The highest BCUT2D eigenvalue weighted by atomic mass is 16.5. The normalized spacial score (nSPS) is 15.8. The van der Waals surface area contributed by atoms with E-state index in [1.165, 1.54) is 24.9 Å². The van der Waals surface area contributed by atoms with Crippen molar-refractivity contribution < 1.29 is 19.0 Å². The van der Waals surface area contributed by atoms with Crippen molar-refractivity contribution >= 4 is 22.4 Å². The molecule has 0 aromatic heterocycles. The molecule has 2 aliphatic rings. The molecule has 5 heteroatoms. The summed E-state index contributed by atoms with van der Waals surface area (Å²) in [6.45, 7) is 2.45. The second-order valence-corrected chi connectivity index (χ2v) is 7.89. The molecule has 2 aliphatic heterocycles. The van der Waals surface area contributed by atoms with E-state index < -0.39 is 0 Å². The van der Waals surface area contributed by atoms with E-state index in [-0.39, 0.29) is 5.97 Å². The van der Waals surface area contributed by atoms with Crippen LogP contribution in [0.25, 0.3) is 21.9 Å². The molecular formula is C25H25NO4. The number of cyclic esters (lactones) is 1. The Morgan fingerprint density at radius 2 is 1.67 bits per heavy atom. The summed E-state index contributed by atoms with van der Waals surface area (Å²) in [5.41, 5.74) is 4.70. The van der Waals surface area contributed by atoms with Gasteiger partial charge in [-0.2, -0.15) is 0 Å². The average molecular weight is 403 g/mol. The van der Waals surface area contributed by atoms with Gasteiger partial charge in [0, 0.05) is 29.9 Å². The van der Waals surface area contributed by atoms with Crippen LogP contribution in [-0.2, 0) is 11.3 Å². The van der Waals surface area contributed by atoms with Gasteiger partial charge in [0.25, 0.3) is 0 Å². The minimum atomic E-state index is -0.264. The number of rotatable bonds is 4. The number of hydrogen-bond acceptors (Lipinski definition) is 5. The SMILES string of the molecule is COc1cc2cc3c(c(-c4cccc(N5CCCCC5)c4)c2cc1OC)C(=O)OC3. The topological polar surface area (TPSA) is 48.0 Å². The van der Waals surface area contributed by atoms with E-state index in [0.717, 1.165) is 40.6 Å². The van der Waals surface area contributed by atoms with Crippen LogP contribution in [0.5, 0.6) is 11.5 Å². The highest BCUT2D eigenvalue weighted by Gasteiger charge is 2.28. The van der Waals surface area contributed by atoms with Gasteiger partial charge in [-0.25, -0.2) is 4.79 Å². The summed E-state index contributed by atoms with van der Waals surface area (Å²) in [6, 6.07) is 14.5. The minimum Gasteiger partial charge on any atom is -0.493 e. The molecule has 3 aromatic carbocycles. The quantitative estimate of drug-likeness (QED) is 0.562. The Kier molecular flexibility index (Phi) is 4.74. The Hall–Kier alpha value is -3.21. The van der Waals surface area contributed by atoms with Crippen molar-refractivity contribution in [2.24, 2.45) is 0 Å². The molecule has 2 heterocycles. The molecule has 5 rings (SSSR count). The van der Waals surface area contributed by atoms with Crippen molar-refractivity contribution in [3.05, 3.63) is 53.6 Å². The number of esters is 1. The smallest absolute Gasteiger partial charge is 0.339 e. The maximum Gasteiger partial charge on any atom is 0.339 e. The highest BCUT2D eigenvalue weighted by Crippen LogP contribution is 2.43. The summed E-state index contributed by atoms with van der Waals surface area (Å²) >= 11 is 0. The zero-order valence-corrected chi connectivity index (χ0v) is 17.4. The van der Waals surface area contributed by atoms with Crippen molar-refractivity contribution in [2.45, 2.75) is 25.9 Å². The molecule has 0 saturated carbocycles. The Morgan fingerprint density at radius 3 is 2.43 bits per heavy atom. The standard InChI is InChI=1S/C25H25NO4/c1-28-21-13-17-11-18-15-30-25(27)24(18)23(20(17)14-22(21)29-2)16-7-6-8-19(12-16)26-9-4-3-5-10-26/h6-8,11-14H,3-5,9-10,15H2,1-2H3. The summed E-state index contributed by atoms with van der Waals surface area (Å²) in [6.07, 6.45) is 3.73. The zero-order valence-electron chi connectivity index (χ0n) is 17.4. The van der Waals surface area contributed by atoms with Gasteiger partial charge < -0.3 is 19.1 Å². The summed E-state index contributed by atoms with van der Waals surface area (Å²) in [5.74, 6) is 1.05. The lowest BCUT2D eigenvalue weighted by molar-refractivity contribution is 0.0535. The number of benzene rings is 3. The monoisotopic (exact) mass is 403 g/mol. The van der Waals surface area contributed by atoms with E-state index in [4.69, 9.17) is 14.2 Å². The van der Waals surface area contributed by atoms with Crippen LogP contribution >= 0.6 is 0 Å². The van der Waals surface area contributed by atoms with E-state index in [2.05, 4.69) is 29.2 Å². The van der Waals surface area contributed by atoms with Gasteiger partial charge in [0.2, 0.25) is 0 Å². The zero-order chi connectivity index (χ0) is 20.7. The van der Waals surface area contributed by atoms with Crippen LogP contribution in [0.2, 0.25) is 0 Å². The molecule has 1 saturated heterocycles. The van der Waals surface area contributed by atoms with E-state index in [1.807, 2.05) is 18.2 Å². The van der Waals surface area contributed by atoms with Crippen LogP contribution in [0.4, 0.5) is 5.69 Å². The van der Waals surface area contributed by atoms with Crippen LogP contribution in [-0.4, -0.2) is 33.3 Å². The molecule has 154 valence electrons. The van der Waals surface area contributed by atoms with Gasteiger partial charge >= 0.3 is 5.97 Å². The van der Waals surface area contributed by atoms with E-state index in [1.54, 1.807) is 14.2 Å². The van der Waals surface area contributed by atoms with E-state index in [0.29, 0.717) is 23.7 Å². The van der Waals surface area contributed by atoms with Crippen molar-refractivity contribution in [3.8, 4) is 22.6 Å². The molecule has 0 atom stereocenters. The van der Waals surface area contributed by atoms with Crippen LogP contribution in [0.1, 0.15) is 35.2 Å². The molecule has 0 spiro atoms. The number of hydrogen-bond donors (Lipinski definition) is 0. The van der Waals surface area contributed by atoms with Gasteiger partial charge in [-0.3, -0.25) is 0 Å². The predicted molar refractivity (Wildman–Crippen MR) is 118 cm³/mol. The Labute approximate surface area is 176 Å². The second-order valence-electron chi connectivity index (χ2n) is 7.89. The number of carbonyl (C=O) groups is 1. The number of nitrogens with zero attached hydrogens (tertiary/aromatic N) is 1. The van der Waals surface area contributed by atoms with Gasteiger partial charge in [0.05, 0.1) is 19.8 Å². The minimum absolute atomic E-state index is 0.264. The van der Waals surface area contributed by atoms with Gasteiger partial charge in [-0.15, -0.1) is 0 Å². The summed E-state index contributed by atoms with van der Waals surface area (Å²) < 4.78 is 16.5. The van der Waals surface area contributed by atoms with Gasteiger partial charge in [-0.1, -0.05) is 12.1 Å². The Morgan fingerprint density at radius 1 is 0.900 bits per heavy atom. The number of methoxy groups -OCH3 is 2. The van der Waals surface area contributed by atoms with Crippen LogP contribution in [0.3, 0.4) is 0 Å². The van der Waals surface area contributed by atoms with Gasteiger partial charge in [0.1, 0.15) is 6.61 Å². The van der Waals surface area contributed by atoms with Gasteiger partial charge in [0.15, 0.2) is 11.5 Å². The second kappa shape index (κ2) is 7.56. The first-order valence-corrected chi connectivity index (χ1v) is 10.4. The van der Waals surface area contributed by atoms with Crippen LogP contribution < -0.4 is 14.4 Å².